The Bertz CT molecular complexity index is 1130. The Labute approximate surface area is 236 Å². The predicted molar refractivity (Wildman–Crippen MR) is 164 cm³/mol. The van der Waals surface area contributed by atoms with Gasteiger partial charge in [-0.15, -0.1) is 0 Å². The van der Waals surface area contributed by atoms with Crippen molar-refractivity contribution in [2.75, 3.05) is 6.61 Å². The first kappa shape index (κ1) is 30.6. The Hall–Kier alpha value is -2.91. The van der Waals surface area contributed by atoms with Crippen molar-refractivity contribution in [3.8, 4) is 22.3 Å². The van der Waals surface area contributed by atoms with Crippen LogP contribution in [0.2, 0.25) is 0 Å². The van der Waals surface area contributed by atoms with Crippen LogP contribution in [-0.4, -0.2) is 17.7 Å². The normalized spacial score (nSPS) is 12.0. The number of benzene rings is 3. The van der Waals surface area contributed by atoms with Gasteiger partial charge in [0.1, 0.15) is 0 Å². The molecule has 0 saturated heterocycles. The lowest BCUT2D eigenvalue weighted by Crippen LogP contribution is -2.02. The van der Waals surface area contributed by atoms with Gasteiger partial charge in [0.2, 0.25) is 0 Å². The average molecular weight is 529 g/mol. The van der Waals surface area contributed by atoms with Crippen molar-refractivity contribution in [3.63, 3.8) is 0 Å². The molecule has 0 aliphatic rings. The molecule has 0 aliphatic carbocycles. The number of carboxylic acid groups (broad SMARTS) is 1. The lowest BCUT2D eigenvalue weighted by Gasteiger charge is -2.15. The molecule has 0 bridgehead atoms. The highest BCUT2D eigenvalue weighted by molar-refractivity contribution is 5.97. The number of carboxylic acids is 1. The van der Waals surface area contributed by atoms with E-state index in [1.165, 1.54) is 63.4 Å². The molecule has 0 aliphatic heterocycles. The third-order valence-corrected chi connectivity index (χ3v) is 7.64. The summed E-state index contributed by atoms with van der Waals surface area (Å²) in [7, 11) is 0. The molecule has 0 amide bonds. The Morgan fingerprint density at radius 2 is 1.33 bits per heavy atom. The van der Waals surface area contributed by atoms with Crippen molar-refractivity contribution in [3.05, 3.63) is 83.4 Å². The van der Waals surface area contributed by atoms with E-state index in [9.17, 15) is 9.90 Å². The Morgan fingerprint density at radius 1 is 0.718 bits per heavy atom. The molecule has 1 N–H and O–H groups in total. The van der Waals surface area contributed by atoms with Crippen LogP contribution in [0.1, 0.15) is 119 Å². The number of aryl methyl sites for hydroxylation is 1. The average Bonchev–Trinajstić information content (AvgIpc) is 2.96. The molecule has 0 radical (unpaired) electrons. The Morgan fingerprint density at radius 3 is 1.97 bits per heavy atom. The van der Waals surface area contributed by atoms with Crippen LogP contribution in [0.15, 0.2) is 66.7 Å². The molecule has 39 heavy (non-hydrogen) atoms. The van der Waals surface area contributed by atoms with E-state index in [4.69, 9.17) is 4.74 Å². The SMILES string of the molecule is CCCCCCCCCCCCc1ccccc1-c1cc(-c2ccc(C(C)OCCC)cc2)ccc1C(=O)O. The molecule has 3 aromatic rings. The molecule has 1 unspecified atom stereocenters. The van der Waals surface area contributed by atoms with Crippen LogP contribution < -0.4 is 0 Å². The van der Waals surface area contributed by atoms with Crippen LogP contribution in [0.4, 0.5) is 0 Å². The zero-order valence-corrected chi connectivity index (χ0v) is 24.4. The van der Waals surface area contributed by atoms with Crippen molar-refractivity contribution in [2.45, 2.75) is 104 Å². The van der Waals surface area contributed by atoms with E-state index >= 15 is 0 Å². The number of rotatable bonds is 18. The summed E-state index contributed by atoms with van der Waals surface area (Å²) in [6.07, 6.45) is 15.1. The quantitative estimate of drug-likeness (QED) is 0.167. The summed E-state index contributed by atoms with van der Waals surface area (Å²) in [6.45, 7) is 7.21. The number of ether oxygens (including phenoxy) is 1. The minimum atomic E-state index is -0.887. The minimum Gasteiger partial charge on any atom is -0.478 e. The standard InChI is InChI=1S/C36H48O3/c1-4-6-7-8-9-10-11-12-13-14-17-31-18-15-16-19-33(31)35-27-32(24-25-34(35)36(37)38)30-22-20-29(21-23-30)28(3)39-26-5-2/h15-16,18-25,27-28H,4-14,17,26H2,1-3H3,(H,37,38). The van der Waals surface area contributed by atoms with E-state index in [2.05, 4.69) is 63.2 Å². The summed E-state index contributed by atoms with van der Waals surface area (Å²) in [6, 6.07) is 22.5. The second-order valence-electron chi connectivity index (χ2n) is 10.8. The number of hydrogen-bond donors (Lipinski definition) is 1. The fraction of sp³-hybridized carbons (Fsp3) is 0.472. The molecule has 0 heterocycles. The first-order valence-electron chi connectivity index (χ1n) is 15.2. The van der Waals surface area contributed by atoms with E-state index in [0.717, 1.165) is 53.7 Å². The highest BCUT2D eigenvalue weighted by atomic mass is 16.5. The zero-order chi connectivity index (χ0) is 27.9. The fourth-order valence-electron chi connectivity index (χ4n) is 5.27. The minimum absolute atomic E-state index is 0.0571. The summed E-state index contributed by atoms with van der Waals surface area (Å²) in [5.74, 6) is -0.887. The summed E-state index contributed by atoms with van der Waals surface area (Å²) in [5, 5.41) is 10.00. The number of hydrogen-bond acceptors (Lipinski definition) is 2. The topological polar surface area (TPSA) is 46.5 Å². The van der Waals surface area contributed by atoms with Crippen LogP contribution in [0, 0.1) is 0 Å². The molecular weight excluding hydrogens is 480 g/mol. The van der Waals surface area contributed by atoms with Gasteiger partial charge >= 0.3 is 5.97 Å². The van der Waals surface area contributed by atoms with Crippen molar-refractivity contribution < 1.29 is 14.6 Å². The van der Waals surface area contributed by atoms with Gasteiger partial charge in [-0.3, -0.25) is 0 Å². The maximum absolute atomic E-state index is 12.2. The zero-order valence-electron chi connectivity index (χ0n) is 24.4. The maximum atomic E-state index is 12.2. The molecule has 3 nitrogen and oxygen atoms in total. The van der Waals surface area contributed by atoms with E-state index in [0.29, 0.717) is 5.56 Å². The van der Waals surface area contributed by atoms with Crippen LogP contribution in [0.5, 0.6) is 0 Å². The number of carbonyl (C=O) groups is 1. The van der Waals surface area contributed by atoms with Gasteiger partial charge in [0.25, 0.3) is 0 Å². The van der Waals surface area contributed by atoms with Gasteiger partial charge in [0.15, 0.2) is 0 Å². The largest absolute Gasteiger partial charge is 0.478 e. The van der Waals surface area contributed by atoms with Crippen LogP contribution in [0.25, 0.3) is 22.3 Å². The Kier molecular flexibility index (Phi) is 13.3. The van der Waals surface area contributed by atoms with Gasteiger partial charge in [-0.05, 0) is 71.7 Å². The van der Waals surface area contributed by atoms with Gasteiger partial charge in [-0.25, -0.2) is 4.79 Å². The first-order chi connectivity index (χ1) is 19.0. The molecule has 3 aromatic carbocycles. The van der Waals surface area contributed by atoms with Crippen molar-refractivity contribution >= 4 is 5.97 Å². The van der Waals surface area contributed by atoms with E-state index < -0.39 is 5.97 Å². The monoisotopic (exact) mass is 528 g/mol. The molecule has 3 rings (SSSR count). The van der Waals surface area contributed by atoms with Gasteiger partial charge in [0.05, 0.1) is 11.7 Å². The van der Waals surface area contributed by atoms with E-state index in [1.807, 2.05) is 18.2 Å². The van der Waals surface area contributed by atoms with Gasteiger partial charge in [-0.1, -0.05) is 126 Å². The first-order valence-corrected chi connectivity index (χ1v) is 15.2. The summed E-state index contributed by atoms with van der Waals surface area (Å²) < 4.78 is 5.87. The summed E-state index contributed by atoms with van der Waals surface area (Å²) in [4.78, 5) is 12.2. The molecule has 0 fully saturated rings. The summed E-state index contributed by atoms with van der Waals surface area (Å²) >= 11 is 0. The lowest BCUT2D eigenvalue weighted by atomic mass is 9.90. The van der Waals surface area contributed by atoms with Crippen LogP contribution in [0.3, 0.4) is 0 Å². The van der Waals surface area contributed by atoms with Gasteiger partial charge in [-0.2, -0.15) is 0 Å². The molecule has 210 valence electrons. The van der Waals surface area contributed by atoms with Gasteiger partial charge < -0.3 is 9.84 Å². The highest BCUT2D eigenvalue weighted by Gasteiger charge is 2.16. The van der Waals surface area contributed by atoms with Gasteiger partial charge in [0, 0.05) is 6.61 Å². The summed E-state index contributed by atoms with van der Waals surface area (Å²) in [5.41, 5.74) is 6.67. The van der Waals surface area contributed by atoms with E-state index in [-0.39, 0.29) is 6.10 Å². The number of unbranched alkanes of at least 4 members (excludes halogenated alkanes) is 9. The predicted octanol–water partition coefficient (Wildman–Crippen LogP) is 10.7. The van der Waals surface area contributed by atoms with Crippen molar-refractivity contribution in [1.29, 1.82) is 0 Å². The third kappa shape index (κ3) is 9.65. The molecule has 3 heteroatoms. The van der Waals surface area contributed by atoms with Crippen LogP contribution >= 0.6 is 0 Å². The lowest BCUT2D eigenvalue weighted by molar-refractivity contribution is 0.0662. The highest BCUT2D eigenvalue weighted by Crippen LogP contribution is 2.33. The second kappa shape index (κ2) is 16.9. The van der Waals surface area contributed by atoms with Crippen LogP contribution in [-0.2, 0) is 11.2 Å². The molecular formula is C36H48O3. The second-order valence-corrected chi connectivity index (χ2v) is 10.8. The Balaban J connectivity index is 1.69. The van der Waals surface area contributed by atoms with E-state index in [1.54, 1.807) is 6.07 Å². The maximum Gasteiger partial charge on any atom is 0.336 e. The molecule has 0 aromatic heterocycles. The smallest absolute Gasteiger partial charge is 0.336 e. The molecule has 1 atom stereocenters. The van der Waals surface area contributed by atoms with Crippen molar-refractivity contribution in [1.82, 2.24) is 0 Å². The molecule has 0 spiro atoms. The molecule has 0 saturated carbocycles. The third-order valence-electron chi connectivity index (χ3n) is 7.64. The fourth-order valence-corrected chi connectivity index (χ4v) is 5.27. The van der Waals surface area contributed by atoms with Crippen molar-refractivity contribution in [2.24, 2.45) is 0 Å². The number of aromatic carboxylic acids is 1.